The van der Waals surface area contributed by atoms with Crippen LogP contribution >= 0.6 is 0 Å². The molecule has 1 amide bonds. The fourth-order valence-electron chi connectivity index (χ4n) is 0.420. The molecule has 0 aromatic rings. The molecule has 0 aliphatic heterocycles. The van der Waals surface area contributed by atoms with E-state index in [4.69, 9.17) is 10.8 Å². The summed E-state index contributed by atoms with van der Waals surface area (Å²) in [6.45, 7) is 4.94. The highest BCUT2D eigenvalue weighted by Gasteiger charge is 2.07. The van der Waals surface area contributed by atoms with E-state index >= 15 is 0 Å². The molecule has 0 fully saturated rings. The van der Waals surface area contributed by atoms with Crippen molar-refractivity contribution in [3.8, 4) is 0 Å². The second kappa shape index (κ2) is 3.12. The average molecular weight is 129 g/mol. The summed E-state index contributed by atoms with van der Waals surface area (Å²) in [5.41, 5.74) is 4.84. The van der Waals surface area contributed by atoms with Crippen molar-refractivity contribution in [3.05, 3.63) is 12.3 Å². The molecule has 1 atom stereocenters. The van der Waals surface area contributed by atoms with E-state index in [-0.39, 0.29) is 18.1 Å². The van der Waals surface area contributed by atoms with Crippen molar-refractivity contribution in [3.63, 3.8) is 0 Å². The fraction of sp³-hybridized carbons (Fsp3) is 0.500. The smallest absolute Gasteiger partial charge is 0.218 e. The van der Waals surface area contributed by atoms with E-state index in [0.29, 0.717) is 0 Å². The molecule has 0 radical (unpaired) electrons. The van der Waals surface area contributed by atoms with Gasteiger partial charge in [0.25, 0.3) is 0 Å². The number of nitrogens with two attached hydrogens (primary N) is 1. The van der Waals surface area contributed by atoms with E-state index < -0.39 is 5.91 Å². The van der Waals surface area contributed by atoms with Gasteiger partial charge < -0.3 is 10.8 Å². The summed E-state index contributed by atoms with van der Waals surface area (Å²) in [5, 5.41) is 8.67. The maximum Gasteiger partial charge on any atom is 0.218 e. The highest BCUT2D eigenvalue weighted by atomic mass is 16.3. The lowest BCUT2D eigenvalue weighted by Gasteiger charge is -2.04. The number of hydrogen-bond acceptors (Lipinski definition) is 2. The van der Waals surface area contributed by atoms with Crippen LogP contribution in [0.3, 0.4) is 0 Å². The number of aliphatic hydroxyl groups excluding tert-OH is 1. The zero-order chi connectivity index (χ0) is 7.44. The SMILES string of the molecule is C=C(O)C(C)CC(N)=O. The zero-order valence-electron chi connectivity index (χ0n) is 5.42. The lowest BCUT2D eigenvalue weighted by Crippen LogP contribution is -2.15. The minimum Gasteiger partial charge on any atom is -0.513 e. The largest absolute Gasteiger partial charge is 0.513 e. The van der Waals surface area contributed by atoms with Crippen molar-refractivity contribution >= 4 is 5.91 Å². The number of primary amides is 1. The molecule has 3 N–H and O–H groups in total. The molecule has 0 spiro atoms. The van der Waals surface area contributed by atoms with Crippen molar-refractivity contribution in [2.75, 3.05) is 0 Å². The molecule has 0 aromatic carbocycles. The number of carbonyl (C=O) groups is 1. The number of hydrogen-bond donors (Lipinski definition) is 2. The molecule has 0 bridgehead atoms. The van der Waals surface area contributed by atoms with Crippen LogP contribution in [0.5, 0.6) is 0 Å². The van der Waals surface area contributed by atoms with Crippen LogP contribution in [0, 0.1) is 5.92 Å². The minimum atomic E-state index is -0.419. The first kappa shape index (κ1) is 8.01. The molecule has 52 valence electrons. The summed E-state index contributed by atoms with van der Waals surface area (Å²) in [4.78, 5) is 10.2. The summed E-state index contributed by atoms with van der Waals surface area (Å²) in [7, 11) is 0. The average Bonchev–Trinajstić information content (AvgIpc) is 1.63. The van der Waals surface area contributed by atoms with Crippen LogP contribution in [-0.2, 0) is 4.79 Å². The van der Waals surface area contributed by atoms with Crippen LogP contribution in [0.1, 0.15) is 13.3 Å². The van der Waals surface area contributed by atoms with E-state index in [0.717, 1.165) is 0 Å². The van der Waals surface area contributed by atoms with E-state index in [2.05, 4.69) is 6.58 Å². The lowest BCUT2D eigenvalue weighted by molar-refractivity contribution is -0.118. The molecule has 3 nitrogen and oxygen atoms in total. The molecule has 1 unspecified atom stereocenters. The van der Waals surface area contributed by atoms with Gasteiger partial charge in [-0.15, -0.1) is 0 Å². The van der Waals surface area contributed by atoms with Gasteiger partial charge in [-0.1, -0.05) is 13.5 Å². The number of amides is 1. The molecule has 0 aromatic heterocycles. The molecule has 0 aliphatic rings. The summed E-state index contributed by atoms with van der Waals surface area (Å²) >= 11 is 0. The molecule has 0 saturated carbocycles. The van der Waals surface area contributed by atoms with Gasteiger partial charge in [-0.2, -0.15) is 0 Å². The second-order valence-corrected chi connectivity index (χ2v) is 2.06. The zero-order valence-corrected chi connectivity index (χ0v) is 5.42. The molecular weight excluding hydrogens is 118 g/mol. The Morgan fingerprint density at radius 2 is 2.33 bits per heavy atom. The topological polar surface area (TPSA) is 63.3 Å². The van der Waals surface area contributed by atoms with Gasteiger partial charge in [-0.05, 0) is 0 Å². The first-order valence-electron chi connectivity index (χ1n) is 2.70. The third-order valence-electron chi connectivity index (χ3n) is 1.08. The van der Waals surface area contributed by atoms with Gasteiger partial charge in [-0.3, -0.25) is 4.79 Å². The Morgan fingerprint density at radius 1 is 1.89 bits per heavy atom. The summed E-state index contributed by atoms with van der Waals surface area (Å²) in [5.74, 6) is -0.631. The third-order valence-corrected chi connectivity index (χ3v) is 1.08. The third kappa shape index (κ3) is 3.58. The maximum atomic E-state index is 10.2. The van der Waals surface area contributed by atoms with Gasteiger partial charge >= 0.3 is 0 Å². The van der Waals surface area contributed by atoms with Crippen molar-refractivity contribution in [1.29, 1.82) is 0 Å². The maximum absolute atomic E-state index is 10.2. The number of rotatable bonds is 3. The second-order valence-electron chi connectivity index (χ2n) is 2.06. The Hall–Kier alpha value is -0.990. The Balaban J connectivity index is 3.63. The lowest BCUT2D eigenvalue weighted by atomic mass is 10.1. The van der Waals surface area contributed by atoms with Crippen molar-refractivity contribution < 1.29 is 9.90 Å². The number of aliphatic hydroxyl groups is 1. The van der Waals surface area contributed by atoms with Crippen molar-refractivity contribution in [2.45, 2.75) is 13.3 Å². The van der Waals surface area contributed by atoms with E-state index in [9.17, 15) is 4.79 Å². The van der Waals surface area contributed by atoms with E-state index in [1.165, 1.54) is 0 Å². The normalized spacial score (nSPS) is 12.6. The first-order chi connectivity index (χ1) is 4.04. The monoisotopic (exact) mass is 129 g/mol. The van der Waals surface area contributed by atoms with Crippen molar-refractivity contribution in [1.82, 2.24) is 0 Å². The Bertz CT molecular complexity index is 131. The van der Waals surface area contributed by atoms with Crippen LogP contribution in [-0.4, -0.2) is 11.0 Å². The summed E-state index contributed by atoms with van der Waals surface area (Å²) < 4.78 is 0. The van der Waals surface area contributed by atoms with Gasteiger partial charge in [-0.25, -0.2) is 0 Å². The van der Waals surface area contributed by atoms with Crippen LogP contribution in [0.2, 0.25) is 0 Å². The van der Waals surface area contributed by atoms with Crippen molar-refractivity contribution in [2.24, 2.45) is 11.7 Å². The highest BCUT2D eigenvalue weighted by molar-refractivity contribution is 5.74. The predicted molar refractivity (Wildman–Crippen MR) is 34.7 cm³/mol. The van der Waals surface area contributed by atoms with Gasteiger partial charge in [0.1, 0.15) is 0 Å². The van der Waals surface area contributed by atoms with Gasteiger partial charge in [0.15, 0.2) is 0 Å². The molecule has 0 saturated heterocycles. The molecule has 9 heavy (non-hydrogen) atoms. The Morgan fingerprint density at radius 3 is 2.44 bits per heavy atom. The molecular formula is C6H11NO2. The standard InChI is InChI=1S/C6H11NO2/c1-4(5(2)8)3-6(7)9/h4,8H,2-3H2,1H3,(H2,7,9). The van der Waals surface area contributed by atoms with Gasteiger partial charge in [0, 0.05) is 12.3 Å². The van der Waals surface area contributed by atoms with Crippen LogP contribution in [0.15, 0.2) is 12.3 Å². The van der Waals surface area contributed by atoms with E-state index in [1.807, 2.05) is 0 Å². The van der Waals surface area contributed by atoms with Crippen LogP contribution < -0.4 is 5.73 Å². The van der Waals surface area contributed by atoms with Gasteiger partial charge in [0.2, 0.25) is 5.91 Å². The number of carbonyl (C=O) groups excluding carboxylic acids is 1. The minimum absolute atomic E-state index is 0.00815. The first-order valence-corrected chi connectivity index (χ1v) is 2.70. The molecule has 0 aliphatic carbocycles. The highest BCUT2D eigenvalue weighted by Crippen LogP contribution is 2.07. The van der Waals surface area contributed by atoms with E-state index in [1.54, 1.807) is 6.92 Å². The predicted octanol–water partition coefficient (Wildman–Crippen LogP) is 0.570. The quantitative estimate of drug-likeness (QED) is 0.547. The molecule has 0 rings (SSSR count). The summed E-state index contributed by atoms with van der Waals surface area (Å²) in [6.07, 6.45) is 0.162. The summed E-state index contributed by atoms with van der Waals surface area (Å²) in [6, 6.07) is 0. The Labute approximate surface area is 54.2 Å². The number of allylic oxidation sites excluding steroid dienone is 1. The molecule has 3 heteroatoms. The molecule has 0 heterocycles. The van der Waals surface area contributed by atoms with Gasteiger partial charge in [0.05, 0.1) is 5.76 Å². The fourth-order valence-corrected chi connectivity index (χ4v) is 0.420. The van der Waals surface area contributed by atoms with Crippen LogP contribution in [0.4, 0.5) is 0 Å². The van der Waals surface area contributed by atoms with Crippen LogP contribution in [0.25, 0.3) is 0 Å². The Kier molecular flexibility index (Phi) is 2.78.